The molecule has 0 aromatic carbocycles. The first-order valence-electron chi connectivity index (χ1n) is 2.49. The van der Waals surface area contributed by atoms with Gasteiger partial charge in [-0.15, -0.1) is 0 Å². The summed E-state index contributed by atoms with van der Waals surface area (Å²) in [6.07, 6.45) is 1.83. The molecule has 0 aromatic heterocycles. The summed E-state index contributed by atoms with van der Waals surface area (Å²) < 4.78 is 0. The summed E-state index contributed by atoms with van der Waals surface area (Å²) in [7, 11) is 0. The zero-order valence-electron chi connectivity index (χ0n) is 5.23. The number of rotatable bonds is 1. The van der Waals surface area contributed by atoms with Crippen LogP contribution in [0.15, 0.2) is 0 Å². The first-order chi connectivity index (χ1) is 3.62. The number of aliphatic hydroxyl groups is 1. The minimum absolute atomic E-state index is 0.241. The van der Waals surface area contributed by atoms with Crippen molar-refractivity contribution < 1.29 is 5.11 Å². The predicted molar refractivity (Wildman–Crippen MR) is 32.5 cm³/mol. The topological polar surface area (TPSA) is 46.2 Å². The molecule has 0 heterocycles. The van der Waals surface area contributed by atoms with E-state index in [9.17, 15) is 0 Å². The van der Waals surface area contributed by atoms with E-state index in [-0.39, 0.29) is 5.41 Å². The van der Waals surface area contributed by atoms with Gasteiger partial charge in [-0.2, -0.15) is 0 Å². The van der Waals surface area contributed by atoms with Crippen LogP contribution in [0.3, 0.4) is 0 Å². The van der Waals surface area contributed by atoms with Crippen molar-refractivity contribution >= 4 is 0 Å². The second kappa shape index (κ2) is 2.58. The van der Waals surface area contributed by atoms with Crippen LogP contribution in [-0.4, -0.2) is 11.7 Å². The molecule has 0 saturated carbocycles. The average Bonchev–Trinajstić information content (AvgIpc) is 1.67. The molecule has 0 bridgehead atoms. The summed E-state index contributed by atoms with van der Waals surface area (Å²) in [5, 5.41) is 8.12. The average molecular weight is 113 g/mol. The Morgan fingerprint density at radius 3 is 2.25 bits per heavy atom. The van der Waals surface area contributed by atoms with Crippen molar-refractivity contribution in [3.05, 3.63) is 0 Å². The van der Waals surface area contributed by atoms with E-state index in [1.54, 1.807) is 0 Å². The Labute approximate surface area is 49.7 Å². The van der Waals surface area contributed by atoms with Crippen LogP contribution in [0.25, 0.3) is 0 Å². The largest absolute Gasteiger partial charge is 0.462 e. The molecule has 0 spiro atoms. The Morgan fingerprint density at radius 1 is 1.62 bits per heavy atom. The van der Waals surface area contributed by atoms with Gasteiger partial charge < -0.3 is 10.8 Å². The Hall–Kier alpha value is -0.680. The molecule has 2 nitrogen and oxygen atoms in total. The molecular weight excluding hydrogens is 102 g/mol. The van der Waals surface area contributed by atoms with Gasteiger partial charge in [-0.3, -0.25) is 0 Å². The SMILES string of the molecule is CC(C)(C#CO)CN. The van der Waals surface area contributed by atoms with Crippen molar-refractivity contribution in [1.29, 1.82) is 0 Å². The highest BCUT2D eigenvalue weighted by Gasteiger charge is 2.09. The summed E-state index contributed by atoms with van der Waals surface area (Å²) in [5.41, 5.74) is 5.04. The predicted octanol–water partition coefficient (Wildman–Crippen LogP) is 0.305. The van der Waals surface area contributed by atoms with Gasteiger partial charge in [0.2, 0.25) is 0 Å². The molecule has 0 amide bonds. The highest BCUT2D eigenvalue weighted by molar-refractivity contribution is 5.04. The quantitative estimate of drug-likeness (QED) is 0.480. The lowest BCUT2D eigenvalue weighted by molar-refractivity contribution is 0.485. The zero-order valence-corrected chi connectivity index (χ0v) is 5.23. The first kappa shape index (κ1) is 7.32. The summed E-state index contributed by atoms with van der Waals surface area (Å²) >= 11 is 0. The van der Waals surface area contributed by atoms with Crippen LogP contribution in [0.2, 0.25) is 0 Å². The number of aliphatic hydroxyl groups excluding tert-OH is 1. The Balaban J connectivity index is 3.85. The third-order valence-corrected chi connectivity index (χ3v) is 0.905. The second-order valence-corrected chi connectivity index (χ2v) is 2.32. The maximum atomic E-state index is 8.12. The van der Waals surface area contributed by atoms with Crippen LogP contribution in [0.4, 0.5) is 0 Å². The van der Waals surface area contributed by atoms with E-state index < -0.39 is 0 Å². The summed E-state index contributed by atoms with van der Waals surface area (Å²) in [6, 6.07) is 0. The van der Waals surface area contributed by atoms with Gasteiger partial charge in [0.05, 0.1) is 0 Å². The fraction of sp³-hybridized carbons (Fsp3) is 0.667. The maximum Gasteiger partial charge on any atom is 0.108 e. The third kappa shape index (κ3) is 2.49. The molecule has 0 radical (unpaired) electrons. The van der Waals surface area contributed by atoms with Gasteiger partial charge in [-0.25, -0.2) is 0 Å². The van der Waals surface area contributed by atoms with Crippen molar-refractivity contribution in [3.8, 4) is 12.0 Å². The lowest BCUT2D eigenvalue weighted by Gasteiger charge is -2.11. The smallest absolute Gasteiger partial charge is 0.108 e. The first-order valence-corrected chi connectivity index (χ1v) is 2.49. The molecule has 0 fully saturated rings. The third-order valence-electron chi connectivity index (χ3n) is 0.905. The Kier molecular flexibility index (Phi) is 2.36. The second-order valence-electron chi connectivity index (χ2n) is 2.32. The van der Waals surface area contributed by atoms with Gasteiger partial charge in [0.1, 0.15) is 6.11 Å². The molecule has 0 aromatic rings. The molecule has 0 saturated heterocycles. The minimum Gasteiger partial charge on any atom is -0.462 e. The molecule has 0 unspecified atom stereocenters. The van der Waals surface area contributed by atoms with Crippen molar-refractivity contribution in [2.75, 3.05) is 6.54 Å². The summed E-state index contributed by atoms with van der Waals surface area (Å²) in [4.78, 5) is 0. The summed E-state index contributed by atoms with van der Waals surface area (Å²) in [5.74, 6) is 2.55. The van der Waals surface area contributed by atoms with Crippen molar-refractivity contribution in [3.63, 3.8) is 0 Å². The highest BCUT2D eigenvalue weighted by Crippen LogP contribution is 2.08. The van der Waals surface area contributed by atoms with Crippen LogP contribution < -0.4 is 5.73 Å². The normalized spacial score (nSPS) is 9.88. The Bertz CT molecular complexity index is 118. The van der Waals surface area contributed by atoms with Crippen LogP contribution in [0.5, 0.6) is 0 Å². The standard InChI is InChI=1S/C6H11NO/c1-6(2,5-7)3-4-8/h8H,5,7H2,1-2H3. The van der Waals surface area contributed by atoms with Gasteiger partial charge >= 0.3 is 0 Å². The van der Waals surface area contributed by atoms with E-state index in [2.05, 4.69) is 5.92 Å². The van der Waals surface area contributed by atoms with Crippen LogP contribution in [-0.2, 0) is 0 Å². The minimum atomic E-state index is -0.241. The van der Waals surface area contributed by atoms with Crippen molar-refractivity contribution in [2.45, 2.75) is 13.8 Å². The summed E-state index contributed by atoms with van der Waals surface area (Å²) in [6.45, 7) is 4.22. The van der Waals surface area contributed by atoms with Crippen LogP contribution >= 0.6 is 0 Å². The molecule has 8 heavy (non-hydrogen) atoms. The zero-order chi connectivity index (χ0) is 6.62. The molecule has 46 valence electrons. The highest BCUT2D eigenvalue weighted by atomic mass is 16.2. The van der Waals surface area contributed by atoms with Gasteiger partial charge in [0.25, 0.3) is 0 Å². The van der Waals surface area contributed by atoms with E-state index in [1.165, 1.54) is 0 Å². The monoisotopic (exact) mass is 113 g/mol. The van der Waals surface area contributed by atoms with Gasteiger partial charge in [0, 0.05) is 12.0 Å². The fourth-order valence-electron chi connectivity index (χ4n) is 0.202. The number of hydrogen-bond donors (Lipinski definition) is 2. The molecule has 0 aliphatic heterocycles. The lowest BCUT2D eigenvalue weighted by atomic mass is 9.96. The molecule has 3 N–H and O–H groups in total. The lowest BCUT2D eigenvalue weighted by Crippen LogP contribution is -2.21. The Morgan fingerprint density at radius 2 is 2.12 bits per heavy atom. The van der Waals surface area contributed by atoms with E-state index in [1.807, 2.05) is 20.0 Å². The van der Waals surface area contributed by atoms with Crippen molar-refractivity contribution in [1.82, 2.24) is 0 Å². The maximum absolute atomic E-state index is 8.12. The van der Waals surface area contributed by atoms with Crippen LogP contribution in [0, 0.1) is 17.4 Å². The number of nitrogens with two attached hydrogens (primary N) is 1. The van der Waals surface area contributed by atoms with E-state index >= 15 is 0 Å². The van der Waals surface area contributed by atoms with Crippen LogP contribution in [0.1, 0.15) is 13.8 Å². The van der Waals surface area contributed by atoms with Gasteiger partial charge in [-0.1, -0.05) is 5.92 Å². The molecular formula is C6H11NO. The molecule has 0 aliphatic rings. The number of hydrogen-bond acceptors (Lipinski definition) is 2. The van der Waals surface area contributed by atoms with E-state index in [0.29, 0.717) is 6.54 Å². The van der Waals surface area contributed by atoms with Gasteiger partial charge in [-0.05, 0) is 13.8 Å². The fourth-order valence-corrected chi connectivity index (χ4v) is 0.202. The molecule has 2 heteroatoms. The van der Waals surface area contributed by atoms with Crippen molar-refractivity contribution in [2.24, 2.45) is 11.1 Å². The van der Waals surface area contributed by atoms with Gasteiger partial charge in [0.15, 0.2) is 0 Å². The molecule has 0 aliphatic carbocycles. The molecule has 0 atom stereocenters. The van der Waals surface area contributed by atoms with E-state index in [0.717, 1.165) is 0 Å². The molecule has 0 rings (SSSR count). The van der Waals surface area contributed by atoms with E-state index in [4.69, 9.17) is 10.8 Å².